The summed E-state index contributed by atoms with van der Waals surface area (Å²) in [5, 5.41) is 13.1. The van der Waals surface area contributed by atoms with Crippen LogP contribution in [0.15, 0.2) is 53.1 Å². The molecule has 0 saturated carbocycles. The molecular formula is C17H20BrN3O2. The van der Waals surface area contributed by atoms with Gasteiger partial charge in [0, 0.05) is 16.7 Å². The van der Waals surface area contributed by atoms with Gasteiger partial charge in [-0.05, 0) is 47.6 Å². The van der Waals surface area contributed by atoms with E-state index in [1.54, 1.807) is 12.3 Å². The fourth-order valence-corrected chi connectivity index (χ4v) is 2.41. The van der Waals surface area contributed by atoms with Crippen molar-refractivity contribution >= 4 is 27.7 Å². The number of nitrogens with one attached hydrogen (secondary N) is 1. The first-order chi connectivity index (χ1) is 11.0. The highest BCUT2D eigenvalue weighted by Crippen LogP contribution is 2.19. The van der Waals surface area contributed by atoms with Crippen LogP contribution in [0, 0.1) is 0 Å². The van der Waals surface area contributed by atoms with Gasteiger partial charge in [-0.2, -0.15) is 0 Å². The van der Waals surface area contributed by atoms with Crippen LogP contribution in [0.5, 0.6) is 0 Å². The molecule has 1 aromatic carbocycles. The monoisotopic (exact) mass is 377 g/mol. The second-order valence-corrected chi connectivity index (χ2v) is 6.34. The SMILES string of the molecule is C[C@H]([C@H](O)c1ccccc1)N(C)CC(=O)Nc1ccc(Br)cn1. The molecular weight excluding hydrogens is 358 g/mol. The fourth-order valence-electron chi connectivity index (χ4n) is 2.17. The molecule has 2 rings (SSSR count). The number of amides is 1. The molecule has 0 fully saturated rings. The summed E-state index contributed by atoms with van der Waals surface area (Å²) in [6, 6.07) is 12.8. The number of halogens is 1. The highest BCUT2D eigenvalue weighted by molar-refractivity contribution is 9.10. The molecule has 0 bridgehead atoms. The first-order valence-corrected chi connectivity index (χ1v) is 8.11. The van der Waals surface area contributed by atoms with Gasteiger partial charge in [-0.15, -0.1) is 0 Å². The van der Waals surface area contributed by atoms with Gasteiger partial charge >= 0.3 is 0 Å². The minimum atomic E-state index is -0.653. The van der Waals surface area contributed by atoms with E-state index in [0.717, 1.165) is 10.0 Å². The summed E-state index contributed by atoms with van der Waals surface area (Å²) in [4.78, 5) is 18.0. The Morgan fingerprint density at radius 3 is 2.61 bits per heavy atom. The normalized spacial score (nSPS) is 13.6. The number of hydrogen-bond donors (Lipinski definition) is 2. The number of likely N-dealkylation sites (N-methyl/N-ethyl adjacent to an activating group) is 1. The van der Waals surface area contributed by atoms with E-state index < -0.39 is 6.10 Å². The third-order valence-electron chi connectivity index (χ3n) is 3.68. The largest absolute Gasteiger partial charge is 0.387 e. The van der Waals surface area contributed by atoms with Crippen molar-refractivity contribution in [2.24, 2.45) is 0 Å². The van der Waals surface area contributed by atoms with Crippen molar-refractivity contribution in [2.45, 2.75) is 19.1 Å². The summed E-state index contributed by atoms with van der Waals surface area (Å²) in [6.45, 7) is 2.06. The number of pyridine rings is 1. The highest BCUT2D eigenvalue weighted by atomic mass is 79.9. The molecule has 2 N–H and O–H groups in total. The van der Waals surface area contributed by atoms with Crippen LogP contribution in [0.4, 0.5) is 5.82 Å². The molecule has 23 heavy (non-hydrogen) atoms. The third kappa shape index (κ3) is 5.13. The lowest BCUT2D eigenvalue weighted by molar-refractivity contribution is -0.118. The van der Waals surface area contributed by atoms with Gasteiger partial charge in [-0.1, -0.05) is 30.3 Å². The van der Waals surface area contributed by atoms with Crippen LogP contribution < -0.4 is 5.32 Å². The average Bonchev–Trinajstić information content (AvgIpc) is 2.56. The minimum absolute atomic E-state index is 0.169. The molecule has 0 spiro atoms. The van der Waals surface area contributed by atoms with Gasteiger partial charge in [0.1, 0.15) is 5.82 Å². The molecule has 1 aromatic heterocycles. The van der Waals surface area contributed by atoms with Crippen molar-refractivity contribution in [3.63, 3.8) is 0 Å². The summed E-state index contributed by atoms with van der Waals surface area (Å²) in [6.07, 6.45) is 0.973. The van der Waals surface area contributed by atoms with Crippen LogP contribution in [0.1, 0.15) is 18.6 Å². The second kappa shape index (κ2) is 8.19. The van der Waals surface area contributed by atoms with E-state index >= 15 is 0 Å². The van der Waals surface area contributed by atoms with Gasteiger partial charge in [-0.3, -0.25) is 9.69 Å². The van der Waals surface area contributed by atoms with Gasteiger partial charge in [0.15, 0.2) is 0 Å². The zero-order valence-electron chi connectivity index (χ0n) is 13.1. The van der Waals surface area contributed by atoms with Crippen molar-refractivity contribution in [1.29, 1.82) is 0 Å². The van der Waals surface area contributed by atoms with Crippen LogP contribution in [0.3, 0.4) is 0 Å². The number of nitrogens with zero attached hydrogens (tertiary/aromatic N) is 2. The number of aliphatic hydroxyl groups excluding tert-OH is 1. The molecule has 0 aliphatic carbocycles. The lowest BCUT2D eigenvalue weighted by Crippen LogP contribution is -2.39. The summed E-state index contributed by atoms with van der Waals surface area (Å²) < 4.78 is 0.854. The lowest BCUT2D eigenvalue weighted by Gasteiger charge is -2.28. The molecule has 6 heteroatoms. The Morgan fingerprint density at radius 2 is 2.00 bits per heavy atom. The Kier molecular flexibility index (Phi) is 6.27. The van der Waals surface area contributed by atoms with Crippen molar-refractivity contribution in [3.8, 4) is 0 Å². The number of aromatic nitrogens is 1. The van der Waals surface area contributed by atoms with Gasteiger partial charge in [-0.25, -0.2) is 4.98 Å². The maximum absolute atomic E-state index is 12.1. The number of benzene rings is 1. The number of carbonyl (C=O) groups is 1. The minimum Gasteiger partial charge on any atom is -0.387 e. The van der Waals surface area contributed by atoms with Gasteiger partial charge in [0.05, 0.1) is 12.6 Å². The zero-order valence-corrected chi connectivity index (χ0v) is 14.7. The molecule has 1 heterocycles. The molecule has 122 valence electrons. The summed E-state index contributed by atoms with van der Waals surface area (Å²) in [5.74, 6) is 0.331. The number of aliphatic hydroxyl groups is 1. The highest BCUT2D eigenvalue weighted by Gasteiger charge is 2.22. The van der Waals surface area contributed by atoms with E-state index in [1.807, 2.05) is 55.3 Å². The Hall–Kier alpha value is -1.76. The maximum atomic E-state index is 12.1. The molecule has 2 atom stereocenters. The van der Waals surface area contributed by atoms with Crippen LogP contribution in [0.2, 0.25) is 0 Å². The van der Waals surface area contributed by atoms with Crippen LogP contribution in [-0.2, 0) is 4.79 Å². The predicted octanol–water partition coefficient (Wildman–Crippen LogP) is 2.84. The summed E-state index contributed by atoms with van der Waals surface area (Å²) in [5.41, 5.74) is 0.835. The molecule has 0 aliphatic heterocycles. The third-order valence-corrected chi connectivity index (χ3v) is 4.15. The summed E-state index contributed by atoms with van der Waals surface area (Å²) >= 11 is 3.30. The van der Waals surface area contributed by atoms with E-state index in [0.29, 0.717) is 5.82 Å². The number of carbonyl (C=O) groups excluding carboxylic acids is 1. The number of hydrogen-bond acceptors (Lipinski definition) is 4. The Morgan fingerprint density at radius 1 is 1.30 bits per heavy atom. The molecule has 0 saturated heterocycles. The Bertz CT molecular complexity index is 634. The van der Waals surface area contributed by atoms with E-state index in [4.69, 9.17) is 0 Å². The van der Waals surface area contributed by atoms with Crippen molar-refractivity contribution in [1.82, 2.24) is 9.88 Å². The van der Waals surface area contributed by atoms with Gasteiger partial charge < -0.3 is 10.4 Å². The Labute approximate surface area is 144 Å². The van der Waals surface area contributed by atoms with E-state index in [1.165, 1.54) is 0 Å². The predicted molar refractivity (Wildman–Crippen MR) is 94.1 cm³/mol. The first-order valence-electron chi connectivity index (χ1n) is 7.32. The molecule has 0 radical (unpaired) electrons. The van der Waals surface area contributed by atoms with Crippen molar-refractivity contribution in [3.05, 3.63) is 58.7 Å². The second-order valence-electron chi connectivity index (χ2n) is 5.42. The van der Waals surface area contributed by atoms with Crippen LogP contribution in [-0.4, -0.2) is 40.5 Å². The van der Waals surface area contributed by atoms with Crippen molar-refractivity contribution in [2.75, 3.05) is 18.9 Å². The smallest absolute Gasteiger partial charge is 0.239 e. The van der Waals surface area contributed by atoms with E-state index in [9.17, 15) is 9.90 Å². The van der Waals surface area contributed by atoms with E-state index in [2.05, 4.69) is 26.2 Å². The van der Waals surface area contributed by atoms with Gasteiger partial charge in [0.2, 0.25) is 5.91 Å². The standard InChI is InChI=1S/C17H20BrN3O2/c1-12(17(23)13-6-4-3-5-7-13)21(2)11-16(22)20-15-9-8-14(18)10-19-15/h3-10,12,17,23H,11H2,1-2H3,(H,19,20,22)/t12-,17+/m1/s1. The Balaban J connectivity index is 1.91. The lowest BCUT2D eigenvalue weighted by atomic mass is 10.0. The molecule has 5 nitrogen and oxygen atoms in total. The maximum Gasteiger partial charge on any atom is 0.239 e. The van der Waals surface area contributed by atoms with Crippen LogP contribution in [0.25, 0.3) is 0 Å². The first kappa shape index (κ1) is 17.6. The van der Waals surface area contributed by atoms with E-state index in [-0.39, 0.29) is 18.5 Å². The number of rotatable bonds is 6. The number of anilines is 1. The topological polar surface area (TPSA) is 65.5 Å². The molecule has 1 amide bonds. The fraction of sp³-hybridized carbons (Fsp3) is 0.294. The molecule has 0 aliphatic rings. The molecule has 0 unspecified atom stereocenters. The van der Waals surface area contributed by atoms with Gasteiger partial charge in [0.25, 0.3) is 0 Å². The van der Waals surface area contributed by atoms with Crippen molar-refractivity contribution < 1.29 is 9.90 Å². The average molecular weight is 378 g/mol. The van der Waals surface area contributed by atoms with Crippen LogP contribution >= 0.6 is 15.9 Å². The molecule has 2 aromatic rings. The zero-order chi connectivity index (χ0) is 16.8. The quantitative estimate of drug-likeness (QED) is 0.812. The summed E-state index contributed by atoms with van der Waals surface area (Å²) in [7, 11) is 1.81.